The Morgan fingerprint density at radius 2 is 1.90 bits per heavy atom. The molecular formula is C18H22N2. The van der Waals surface area contributed by atoms with Gasteiger partial charge < -0.3 is 10.2 Å². The van der Waals surface area contributed by atoms with Crippen molar-refractivity contribution in [2.75, 3.05) is 23.8 Å². The Labute approximate surface area is 121 Å². The van der Waals surface area contributed by atoms with Gasteiger partial charge in [-0.3, -0.25) is 0 Å². The van der Waals surface area contributed by atoms with Crippen LogP contribution >= 0.6 is 0 Å². The molecular weight excluding hydrogens is 244 g/mol. The standard InChI is InChI=1S/C18H22N2/c1-14-5-8-17(9-6-14)19-13-15-7-10-18-16(12-15)4-3-11-20(18)2/h5-10,12,19H,3-4,11,13H2,1-2H3. The summed E-state index contributed by atoms with van der Waals surface area (Å²) in [5, 5.41) is 3.49. The Hall–Kier alpha value is -1.96. The van der Waals surface area contributed by atoms with E-state index >= 15 is 0 Å². The van der Waals surface area contributed by atoms with Crippen molar-refractivity contribution in [3.8, 4) is 0 Å². The second-order valence-electron chi connectivity index (χ2n) is 5.71. The van der Waals surface area contributed by atoms with E-state index < -0.39 is 0 Å². The van der Waals surface area contributed by atoms with Gasteiger partial charge in [0.05, 0.1) is 0 Å². The van der Waals surface area contributed by atoms with Crippen molar-refractivity contribution in [3.05, 3.63) is 59.2 Å². The van der Waals surface area contributed by atoms with Crippen LogP contribution in [0.25, 0.3) is 0 Å². The molecule has 1 aliphatic heterocycles. The SMILES string of the molecule is Cc1ccc(NCc2ccc3c(c2)CCCN3C)cc1. The first-order valence-corrected chi connectivity index (χ1v) is 7.36. The summed E-state index contributed by atoms with van der Waals surface area (Å²) in [7, 11) is 2.18. The van der Waals surface area contributed by atoms with Crippen molar-refractivity contribution in [2.24, 2.45) is 0 Å². The molecule has 0 fully saturated rings. The van der Waals surface area contributed by atoms with Gasteiger partial charge in [-0.05, 0) is 49.1 Å². The molecule has 0 radical (unpaired) electrons. The average molecular weight is 266 g/mol. The lowest BCUT2D eigenvalue weighted by Crippen LogP contribution is -2.24. The molecule has 1 heterocycles. The molecule has 1 N–H and O–H groups in total. The first-order valence-electron chi connectivity index (χ1n) is 7.36. The van der Waals surface area contributed by atoms with Gasteiger partial charge in [0.1, 0.15) is 0 Å². The van der Waals surface area contributed by atoms with Gasteiger partial charge >= 0.3 is 0 Å². The van der Waals surface area contributed by atoms with E-state index in [0.717, 1.165) is 6.54 Å². The molecule has 0 atom stereocenters. The zero-order valence-corrected chi connectivity index (χ0v) is 12.3. The molecule has 0 saturated heterocycles. The number of rotatable bonds is 3. The molecule has 0 aromatic heterocycles. The quantitative estimate of drug-likeness (QED) is 0.903. The van der Waals surface area contributed by atoms with Gasteiger partial charge in [0.2, 0.25) is 0 Å². The summed E-state index contributed by atoms with van der Waals surface area (Å²) in [6.45, 7) is 4.18. The van der Waals surface area contributed by atoms with Crippen molar-refractivity contribution in [1.82, 2.24) is 0 Å². The number of aryl methyl sites for hydroxylation is 2. The van der Waals surface area contributed by atoms with E-state index in [-0.39, 0.29) is 0 Å². The van der Waals surface area contributed by atoms with E-state index in [0.29, 0.717) is 0 Å². The lowest BCUT2D eigenvalue weighted by Gasteiger charge is -2.27. The maximum absolute atomic E-state index is 3.49. The van der Waals surface area contributed by atoms with E-state index in [9.17, 15) is 0 Å². The second-order valence-corrected chi connectivity index (χ2v) is 5.71. The maximum Gasteiger partial charge on any atom is 0.0400 e. The van der Waals surface area contributed by atoms with Crippen LogP contribution in [0.15, 0.2) is 42.5 Å². The highest BCUT2D eigenvalue weighted by atomic mass is 15.1. The molecule has 1 aliphatic rings. The Morgan fingerprint density at radius 3 is 2.70 bits per heavy atom. The Balaban J connectivity index is 1.70. The number of nitrogens with one attached hydrogen (secondary N) is 1. The zero-order valence-electron chi connectivity index (χ0n) is 12.3. The monoisotopic (exact) mass is 266 g/mol. The first kappa shape index (κ1) is 13.0. The predicted octanol–water partition coefficient (Wildman–Crippen LogP) is 3.99. The fraction of sp³-hybridized carbons (Fsp3) is 0.333. The molecule has 2 aromatic rings. The minimum atomic E-state index is 0.889. The Bertz CT molecular complexity index is 587. The molecule has 20 heavy (non-hydrogen) atoms. The van der Waals surface area contributed by atoms with Gasteiger partial charge in [-0.2, -0.15) is 0 Å². The third kappa shape index (κ3) is 2.79. The summed E-state index contributed by atoms with van der Waals surface area (Å²) >= 11 is 0. The van der Waals surface area contributed by atoms with Crippen molar-refractivity contribution < 1.29 is 0 Å². The lowest BCUT2D eigenvalue weighted by molar-refractivity contribution is 0.743. The average Bonchev–Trinajstić information content (AvgIpc) is 2.47. The zero-order chi connectivity index (χ0) is 13.9. The molecule has 2 heteroatoms. The van der Waals surface area contributed by atoms with E-state index in [4.69, 9.17) is 0 Å². The van der Waals surface area contributed by atoms with Crippen LogP contribution in [-0.4, -0.2) is 13.6 Å². The van der Waals surface area contributed by atoms with Crippen LogP contribution in [0.1, 0.15) is 23.1 Å². The molecule has 2 nitrogen and oxygen atoms in total. The van der Waals surface area contributed by atoms with Gasteiger partial charge in [-0.25, -0.2) is 0 Å². The molecule has 0 spiro atoms. The lowest BCUT2D eigenvalue weighted by atomic mass is 9.99. The second kappa shape index (κ2) is 5.58. The van der Waals surface area contributed by atoms with Gasteiger partial charge in [0.15, 0.2) is 0 Å². The van der Waals surface area contributed by atoms with Crippen molar-refractivity contribution in [2.45, 2.75) is 26.3 Å². The first-order chi connectivity index (χ1) is 9.72. The molecule has 0 amide bonds. The van der Waals surface area contributed by atoms with Gasteiger partial charge in [0.25, 0.3) is 0 Å². The highest BCUT2D eigenvalue weighted by Crippen LogP contribution is 2.27. The van der Waals surface area contributed by atoms with E-state index in [1.165, 1.54) is 47.5 Å². The fourth-order valence-corrected chi connectivity index (χ4v) is 2.82. The minimum absolute atomic E-state index is 0.889. The van der Waals surface area contributed by atoms with Crippen LogP contribution < -0.4 is 10.2 Å². The largest absolute Gasteiger partial charge is 0.381 e. The topological polar surface area (TPSA) is 15.3 Å². The molecule has 0 aliphatic carbocycles. The number of fused-ring (bicyclic) bond motifs is 1. The summed E-state index contributed by atoms with van der Waals surface area (Å²) in [5.41, 5.74) is 6.73. The minimum Gasteiger partial charge on any atom is -0.381 e. The van der Waals surface area contributed by atoms with Gasteiger partial charge in [-0.15, -0.1) is 0 Å². The van der Waals surface area contributed by atoms with E-state index in [1.807, 2.05) is 0 Å². The number of hydrogen-bond donors (Lipinski definition) is 1. The highest BCUT2D eigenvalue weighted by Gasteiger charge is 2.13. The fourth-order valence-electron chi connectivity index (χ4n) is 2.82. The number of nitrogens with zero attached hydrogens (tertiary/aromatic N) is 1. The van der Waals surface area contributed by atoms with Crippen LogP contribution in [0.4, 0.5) is 11.4 Å². The van der Waals surface area contributed by atoms with Crippen LogP contribution in [0, 0.1) is 6.92 Å². The predicted molar refractivity (Wildman–Crippen MR) is 86.5 cm³/mol. The van der Waals surface area contributed by atoms with Crippen molar-refractivity contribution in [1.29, 1.82) is 0 Å². The molecule has 104 valence electrons. The van der Waals surface area contributed by atoms with Gasteiger partial charge in [0, 0.05) is 31.5 Å². The normalized spacial score (nSPS) is 14.0. The molecule has 2 aromatic carbocycles. The van der Waals surface area contributed by atoms with Gasteiger partial charge in [-0.1, -0.05) is 29.8 Å². The van der Waals surface area contributed by atoms with Crippen LogP contribution in [0.5, 0.6) is 0 Å². The Kier molecular flexibility index (Phi) is 3.64. The summed E-state index contributed by atoms with van der Waals surface area (Å²) in [5.74, 6) is 0. The third-order valence-corrected chi connectivity index (χ3v) is 4.04. The molecule has 0 unspecified atom stereocenters. The van der Waals surface area contributed by atoms with Crippen LogP contribution in [0.2, 0.25) is 0 Å². The van der Waals surface area contributed by atoms with Crippen LogP contribution in [-0.2, 0) is 13.0 Å². The summed E-state index contributed by atoms with van der Waals surface area (Å²) in [4.78, 5) is 2.36. The molecule has 0 bridgehead atoms. The van der Waals surface area contributed by atoms with Crippen molar-refractivity contribution >= 4 is 11.4 Å². The highest BCUT2D eigenvalue weighted by molar-refractivity contribution is 5.56. The number of anilines is 2. The molecule has 3 rings (SSSR count). The summed E-state index contributed by atoms with van der Waals surface area (Å²) < 4.78 is 0. The number of benzene rings is 2. The molecule has 0 saturated carbocycles. The van der Waals surface area contributed by atoms with E-state index in [2.05, 4.69) is 66.7 Å². The number of hydrogen-bond acceptors (Lipinski definition) is 2. The van der Waals surface area contributed by atoms with Crippen LogP contribution in [0.3, 0.4) is 0 Å². The van der Waals surface area contributed by atoms with E-state index in [1.54, 1.807) is 0 Å². The smallest absolute Gasteiger partial charge is 0.0400 e. The maximum atomic E-state index is 3.49. The van der Waals surface area contributed by atoms with Crippen molar-refractivity contribution in [3.63, 3.8) is 0 Å². The summed E-state index contributed by atoms with van der Waals surface area (Å²) in [6, 6.07) is 15.4. The third-order valence-electron chi connectivity index (χ3n) is 4.04. The Morgan fingerprint density at radius 1 is 1.10 bits per heavy atom. The summed E-state index contributed by atoms with van der Waals surface area (Å²) in [6.07, 6.45) is 2.47.